The lowest BCUT2D eigenvalue weighted by Crippen LogP contribution is -2.43. The molecule has 0 aliphatic heterocycles. The number of carboxylic acid groups (broad SMARTS) is 1. The van der Waals surface area contributed by atoms with Crippen LogP contribution in [0.1, 0.15) is 12.5 Å². The molecule has 6 nitrogen and oxygen atoms in total. The number of rotatable bonds is 7. The van der Waals surface area contributed by atoms with Gasteiger partial charge in [-0.2, -0.15) is 0 Å². The molecule has 7 heteroatoms. The van der Waals surface area contributed by atoms with Gasteiger partial charge in [-0.25, -0.2) is 4.79 Å². The van der Waals surface area contributed by atoms with E-state index in [1.165, 1.54) is 6.92 Å². The second kappa shape index (κ2) is 7.63. The maximum absolute atomic E-state index is 11.8. The van der Waals surface area contributed by atoms with Crippen LogP contribution in [0, 0.1) is 0 Å². The van der Waals surface area contributed by atoms with E-state index < -0.39 is 28.7 Å². The summed E-state index contributed by atoms with van der Waals surface area (Å²) in [6, 6.07) is 2.54. The van der Waals surface area contributed by atoms with Crippen molar-refractivity contribution >= 4 is 22.7 Å². The number of carbonyl (C=O) groups excluding carboxylic acids is 1. The van der Waals surface area contributed by atoms with Gasteiger partial charge in [-0.05, 0) is 24.1 Å². The van der Waals surface area contributed by atoms with E-state index in [2.05, 4.69) is 10.3 Å². The minimum atomic E-state index is -1.30. The first-order chi connectivity index (χ1) is 8.99. The van der Waals surface area contributed by atoms with Crippen molar-refractivity contribution in [2.75, 3.05) is 11.5 Å². The number of hydrogen-bond donors (Lipinski definition) is 2. The van der Waals surface area contributed by atoms with Crippen LogP contribution in [0.25, 0.3) is 0 Å². The molecule has 1 heterocycles. The van der Waals surface area contributed by atoms with E-state index in [4.69, 9.17) is 5.11 Å². The molecule has 0 aliphatic rings. The highest BCUT2D eigenvalue weighted by molar-refractivity contribution is 7.85. The molecule has 0 aromatic carbocycles. The van der Waals surface area contributed by atoms with Gasteiger partial charge in [0.2, 0.25) is 5.91 Å². The topological polar surface area (TPSA) is 96.4 Å². The summed E-state index contributed by atoms with van der Waals surface area (Å²) in [4.78, 5) is 25.6. The Morgan fingerprint density at radius 2 is 2.05 bits per heavy atom. The molecular formula is C12H16N2O4S. The molecule has 19 heavy (non-hydrogen) atoms. The van der Waals surface area contributed by atoms with Crippen LogP contribution in [0.4, 0.5) is 0 Å². The predicted molar refractivity (Wildman–Crippen MR) is 71.1 cm³/mol. The van der Waals surface area contributed by atoms with Gasteiger partial charge in [0, 0.05) is 35.9 Å². The SMILES string of the molecule is CC(=O)N[C@@H](CS(=O)CCc1ccncc1)C(=O)O. The Bertz CT molecular complexity index is 464. The summed E-state index contributed by atoms with van der Waals surface area (Å²) in [5, 5.41) is 11.2. The first-order valence-electron chi connectivity index (χ1n) is 5.73. The van der Waals surface area contributed by atoms with Crippen molar-refractivity contribution in [3.05, 3.63) is 30.1 Å². The van der Waals surface area contributed by atoms with Crippen molar-refractivity contribution in [2.24, 2.45) is 0 Å². The Morgan fingerprint density at radius 1 is 1.42 bits per heavy atom. The number of nitrogens with zero attached hydrogens (tertiary/aromatic N) is 1. The van der Waals surface area contributed by atoms with Crippen LogP contribution in [0.5, 0.6) is 0 Å². The summed E-state index contributed by atoms with van der Waals surface area (Å²) in [6.07, 6.45) is 3.88. The Labute approximate surface area is 113 Å². The van der Waals surface area contributed by atoms with E-state index in [0.717, 1.165) is 5.56 Å². The van der Waals surface area contributed by atoms with Crippen LogP contribution in [0.3, 0.4) is 0 Å². The van der Waals surface area contributed by atoms with Gasteiger partial charge in [-0.15, -0.1) is 0 Å². The van der Waals surface area contributed by atoms with Gasteiger partial charge in [-0.3, -0.25) is 14.0 Å². The van der Waals surface area contributed by atoms with Gasteiger partial charge >= 0.3 is 5.97 Å². The molecule has 0 bridgehead atoms. The first kappa shape index (κ1) is 15.3. The van der Waals surface area contributed by atoms with Crippen LogP contribution >= 0.6 is 0 Å². The van der Waals surface area contributed by atoms with E-state index in [1.807, 2.05) is 12.1 Å². The van der Waals surface area contributed by atoms with Crippen molar-refractivity contribution in [3.63, 3.8) is 0 Å². The summed E-state index contributed by atoms with van der Waals surface area (Å²) >= 11 is 0. The van der Waals surface area contributed by atoms with Crippen LogP contribution in [-0.4, -0.2) is 43.7 Å². The molecule has 0 saturated heterocycles. The van der Waals surface area contributed by atoms with Crippen LogP contribution in [-0.2, 0) is 26.8 Å². The highest BCUT2D eigenvalue weighted by atomic mass is 32.2. The number of carbonyl (C=O) groups is 2. The zero-order valence-electron chi connectivity index (χ0n) is 10.5. The lowest BCUT2D eigenvalue weighted by atomic mass is 10.2. The molecular weight excluding hydrogens is 268 g/mol. The van der Waals surface area contributed by atoms with Crippen molar-refractivity contribution in [3.8, 4) is 0 Å². The summed E-state index contributed by atoms with van der Waals surface area (Å²) in [7, 11) is -1.30. The lowest BCUT2D eigenvalue weighted by molar-refractivity contribution is -0.140. The third-order valence-electron chi connectivity index (χ3n) is 2.40. The molecule has 0 radical (unpaired) electrons. The smallest absolute Gasteiger partial charge is 0.327 e. The summed E-state index contributed by atoms with van der Waals surface area (Å²) in [5.74, 6) is -1.35. The first-order valence-corrected chi connectivity index (χ1v) is 7.21. The highest BCUT2D eigenvalue weighted by Gasteiger charge is 2.20. The fourth-order valence-corrected chi connectivity index (χ4v) is 2.70. The molecule has 0 fully saturated rings. The molecule has 1 amide bonds. The van der Waals surface area contributed by atoms with Gasteiger partial charge in [0.25, 0.3) is 0 Å². The Kier molecular flexibility index (Phi) is 6.14. The average molecular weight is 284 g/mol. The summed E-state index contributed by atoms with van der Waals surface area (Å²) < 4.78 is 11.8. The summed E-state index contributed by atoms with van der Waals surface area (Å²) in [5.41, 5.74) is 0.995. The number of nitrogens with one attached hydrogen (secondary N) is 1. The number of aromatic nitrogens is 1. The molecule has 0 saturated carbocycles. The standard InChI is InChI=1S/C12H16N2O4S/c1-9(15)14-11(12(16)17)8-19(18)7-4-10-2-5-13-6-3-10/h2-3,5-6,11H,4,7-8H2,1H3,(H,14,15)(H,16,17)/t11-,19?/m0/s1. The van der Waals surface area contributed by atoms with Gasteiger partial charge in [0.05, 0.1) is 5.75 Å². The lowest BCUT2D eigenvalue weighted by Gasteiger charge is -2.12. The van der Waals surface area contributed by atoms with Crippen LogP contribution < -0.4 is 5.32 Å². The Morgan fingerprint density at radius 3 is 2.58 bits per heavy atom. The normalized spacial score (nSPS) is 13.5. The number of aliphatic carboxylic acids is 1. The predicted octanol–water partition coefficient (Wildman–Crippen LogP) is -0.0379. The Balaban J connectivity index is 2.45. The van der Waals surface area contributed by atoms with Crippen LogP contribution in [0.15, 0.2) is 24.5 Å². The maximum Gasteiger partial charge on any atom is 0.327 e. The van der Waals surface area contributed by atoms with E-state index in [1.54, 1.807) is 12.4 Å². The van der Waals surface area contributed by atoms with Gasteiger partial charge in [0.1, 0.15) is 6.04 Å². The number of amides is 1. The molecule has 104 valence electrons. The summed E-state index contributed by atoms with van der Waals surface area (Å²) in [6.45, 7) is 1.23. The number of hydrogen-bond acceptors (Lipinski definition) is 4. The fourth-order valence-electron chi connectivity index (χ4n) is 1.47. The quantitative estimate of drug-likeness (QED) is 0.732. The molecule has 0 aliphatic carbocycles. The monoisotopic (exact) mass is 284 g/mol. The molecule has 1 rings (SSSR count). The highest BCUT2D eigenvalue weighted by Crippen LogP contribution is 2.00. The minimum Gasteiger partial charge on any atom is -0.480 e. The fraction of sp³-hybridized carbons (Fsp3) is 0.417. The van der Waals surface area contributed by atoms with Gasteiger partial charge in [0.15, 0.2) is 0 Å². The van der Waals surface area contributed by atoms with E-state index in [9.17, 15) is 13.8 Å². The molecule has 0 spiro atoms. The molecule has 1 aromatic heterocycles. The molecule has 2 atom stereocenters. The molecule has 1 aromatic rings. The van der Waals surface area contributed by atoms with E-state index >= 15 is 0 Å². The molecule has 2 N–H and O–H groups in total. The zero-order chi connectivity index (χ0) is 14.3. The number of carboxylic acids is 1. The maximum atomic E-state index is 11.8. The van der Waals surface area contributed by atoms with E-state index in [-0.39, 0.29) is 5.75 Å². The van der Waals surface area contributed by atoms with E-state index in [0.29, 0.717) is 12.2 Å². The van der Waals surface area contributed by atoms with Gasteiger partial charge in [-0.1, -0.05) is 0 Å². The van der Waals surface area contributed by atoms with Crippen LogP contribution in [0.2, 0.25) is 0 Å². The number of aryl methyl sites for hydroxylation is 1. The van der Waals surface area contributed by atoms with Crippen molar-refractivity contribution in [2.45, 2.75) is 19.4 Å². The van der Waals surface area contributed by atoms with Crippen molar-refractivity contribution in [1.29, 1.82) is 0 Å². The van der Waals surface area contributed by atoms with Crippen molar-refractivity contribution < 1.29 is 18.9 Å². The molecule has 1 unspecified atom stereocenters. The largest absolute Gasteiger partial charge is 0.480 e. The zero-order valence-corrected chi connectivity index (χ0v) is 11.4. The number of pyridine rings is 1. The Hall–Kier alpha value is -1.76. The second-order valence-electron chi connectivity index (χ2n) is 4.01. The van der Waals surface area contributed by atoms with Gasteiger partial charge < -0.3 is 10.4 Å². The average Bonchev–Trinajstić information content (AvgIpc) is 2.36. The van der Waals surface area contributed by atoms with Crippen molar-refractivity contribution in [1.82, 2.24) is 10.3 Å². The minimum absolute atomic E-state index is 0.0833. The second-order valence-corrected chi connectivity index (χ2v) is 5.63. The third-order valence-corrected chi connectivity index (χ3v) is 3.76. The third kappa shape index (κ3) is 6.10.